The Morgan fingerprint density at radius 1 is 1.30 bits per heavy atom. The second-order valence-corrected chi connectivity index (χ2v) is 6.13. The molecule has 0 unspecified atom stereocenters. The summed E-state index contributed by atoms with van der Waals surface area (Å²) in [6.45, 7) is 2.04. The molecular weight excluding hydrogens is 339 g/mol. The summed E-state index contributed by atoms with van der Waals surface area (Å²) in [6, 6.07) is 12.2. The van der Waals surface area contributed by atoms with Crippen molar-refractivity contribution >= 4 is 39.1 Å². The van der Waals surface area contributed by atoms with E-state index >= 15 is 0 Å². The summed E-state index contributed by atoms with van der Waals surface area (Å²) in [6.07, 6.45) is 0. The van der Waals surface area contributed by atoms with Gasteiger partial charge < -0.3 is 5.32 Å². The first kappa shape index (κ1) is 14.9. The molecule has 2 aromatic rings. The molecule has 102 valence electrons. The molecule has 2 aromatic carbocycles. The van der Waals surface area contributed by atoms with Crippen LogP contribution in [0.3, 0.4) is 0 Å². The van der Waals surface area contributed by atoms with E-state index in [1.807, 2.05) is 25.1 Å². The molecule has 2 nitrogen and oxygen atoms in total. The molecule has 0 atom stereocenters. The smallest absolute Gasteiger partial charge is 0.125 e. The van der Waals surface area contributed by atoms with E-state index in [0.717, 1.165) is 15.1 Å². The molecule has 0 saturated heterocycles. The van der Waals surface area contributed by atoms with Crippen LogP contribution in [0.15, 0.2) is 45.8 Å². The number of benzene rings is 2. The van der Waals surface area contributed by atoms with E-state index in [9.17, 15) is 9.65 Å². The molecule has 0 aliphatic carbocycles. The van der Waals surface area contributed by atoms with Crippen LogP contribution >= 0.6 is 27.7 Å². The van der Waals surface area contributed by atoms with E-state index in [1.165, 1.54) is 12.1 Å². The van der Waals surface area contributed by atoms with Crippen molar-refractivity contribution in [1.29, 1.82) is 5.26 Å². The lowest BCUT2D eigenvalue weighted by Crippen LogP contribution is -1.96. The van der Waals surface area contributed by atoms with Gasteiger partial charge in [-0.2, -0.15) is 5.26 Å². The average molecular weight is 351 g/mol. The molecule has 0 radical (unpaired) electrons. The van der Waals surface area contributed by atoms with Gasteiger partial charge in [0.1, 0.15) is 11.9 Å². The Kier molecular flexibility index (Phi) is 5.05. The summed E-state index contributed by atoms with van der Waals surface area (Å²) in [7, 11) is 0. The molecule has 0 fully saturated rings. The summed E-state index contributed by atoms with van der Waals surface area (Å²) in [4.78, 5) is 0.924. The zero-order valence-electron chi connectivity index (χ0n) is 10.8. The van der Waals surface area contributed by atoms with Crippen molar-refractivity contribution in [3.63, 3.8) is 0 Å². The molecular formula is C15H12BrFN2S. The van der Waals surface area contributed by atoms with Crippen molar-refractivity contribution in [1.82, 2.24) is 0 Å². The van der Waals surface area contributed by atoms with Gasteiger partial charge in [-0.3, -0.25) is 0 Å². The number of halogens is 2. The van der Waals surface area contributed by atoms with E-state index in [-0.39, 0.29) is 5.82 Å². The van der Waals surface area contributed by atoms with Gasteiger partial charge in [0, 0.05) is 9.37 Å². The summed E-state index contributed by atoms with van der Waals surface area (Å²) >= 11 is 4.98. The minimum Gasteiger partial charge on any atom is -0.353 e. The monoisotopic (exact) mass is 350 g/mol. The van der Waals surface area contributed by atoms with Crippen LogP contribution in [-0.2, 0) is 0 Å². The van der Waals surface area contributed by atoms with E-state index in [1.54, 1.807) is 17.8 Å². The highest BCUT2D eigenvalue weighted by Crippen LogP contribution is 2.32. The number of thioether (sulfide) groups is 1. The topological polar surface area (TPSA) is 35.8 Å². The molecule has 2 rings (SSSR count). The summed E-state index contributed by atoms with van der Waals surface area (Å²) in [5.74, 6) is 0.565. The third kappa shape index (κ3) is 3.33. The Morgan fingerprint density at radius 3 is 2.80 bits per heavy atom. The molecule has 0 aliphatic heterocycles. The van der Waals surface area contributed by atoms with Crippen LogP contribution in [0.4, 0.5) is 15.8 Å². The first-order valence-electron chi connectivity index (χ1n) is 6.03. The second-order valence-electron chi connectivity index (χ2n) is 3.97. The van der Waals surface area contributed by atoms with Crippen molar-refractivity contribution in [3.8, 4) is 6.07 Å². The Bertz CT molecular complexity index is 667. The fraction of sp³-hybridized carbons (Fsp3) is 0.133. The maximum absolute atomic E-state index is 13.3. The SMILES string of the molecule is CCSc1cccc(Nc2cc(F)ccc2Br)c1C#N. The van der Waals surface area contributed by atoms with Crippen LogP contribution in [0.5, 0.6) is 0 Å². The minimum absolute atomic E-state index is 0.326. The first-order valence-corrected chi connectivity index (χ1v) is 7.81. The van der Waals surface area contributed by atoms with Gasteiger partial charge in [-0.1, -0.05) is 13.0 Å². The zero-order chi connectivity index (χ0) is 14.5. The lowest BCUT2D eigenvalue weighted by molar-refractivity contribution is 0.628. The van der Waals surface area contributed by atoms with Crippen molar-refractivity contribution in [2.45, 2.75) is 11.8 Å². The fourth-order valence-electron chi connectivity index (χ4n) is 1.76. The number of hydrogen-bond donors (Lipinski definition) is 1. The van der Waals surface area contributed by atoms with Crippen LogP contribution in [-0.4, -0.2) is 5.75 Å². The van der Waals surface area contributed by atoms with Crippen molar-refractivity contribution in [3.05, 3.63) is 52.3 Å². The average Bonchev–Trinajstić information content (AvgIpc) is 2.43. The summed E-state index contributed by atoms with van der Waals surface area (Å²) in [5.41, 5.74) is 1.85. The lowest BCUT2D eigenvalue weighted by Gasteiger charge is -2.12. The third-order valence-electron chi connectivity index (χ3n) is 2.64. The number of hydrogen-bond acceptors (Lipinski definition) is 3. The van der Waals surface area contributed by atoms with Gasteiger partial charge in [-0.25, -0.2) is 4.39 Å². The molecule has 0 amide bonds. The van der Waals surface area contributed by atoms with Gasteiger partial charge in [-0.05, 0) is 52.0 Å². The van der Waals surface area contributed by atoms with E-state index in [2.05, 4.69) is 27.3 Å². The molecule has 1 N–H and O–H groups in total. The van der Waals surface area contributed by atoms with Crippen LogP contribution in [0.2, 0.25) is 0 Å². The Balaban J connectivity index is 2.41. The Labute approximate surface area is 130 Å². The molecule has 0 spiro atoms. The van der Waals surface area contributed by atoms with Gasteiger partial charge in [0.25, 0.3) is 0 Å². The van der Waals surface area contributed by atoms with Crippen LogP contribution in [0.25, 0.3) is 0 Å². The highest BCUT2D eigenvalue weighted by molar-refractivity contribution is 9.10. The van der Waals surface area contributed by atoms with Crippen LogP contribution in [0, 0.1) is 17.1 Å². The van der Waals surface area contributed by atoms with Gasteiger partial charge in [0.2, 0.25) is 0 Å². The highest BCUT2D eigenvalue weighted by atomic mass is 79.9. The van der Waals surface area contributed by atoms with Crippen molar-refractivity contribution in [2.24, 2.45) is 0 Å². The quantitative estimate of drug-likeness (QED) is 0.758. The van der Waals surface area contributed by atoms with E-state index in [0.29, 0.717) is 16.9 Å². The third-order valence-corrected chi connectivity index (χ3v) is 4.27. The molecule has 0 saturated carbocycles. The number of nitriles is 1. The number of anilines is 2. The van der Waals surface area contributed by atoms with Crippen molar-refractivity contribution in [2.75, 3.05) is 11.1 Å². The second kappa shape index (κ2) is 6.78. The maximum atomic E-state index is 13.3. The molecule has 5 heteroatoms. The summed E-state index contributed by atoms with van der Waals surface area (Å²) < 4.78 is 14.0. The normalized spacial score (nSPS) is 10.1. The van der Waals surface area contributed by atoms with Crippen LogP contribution in [0.1, 0.15) is 12.5 Å². The van der Waals surface area contributed by atoms with Gasteiger partial charge in [0.15, 0.2) is 0 Å². The van der Waals surface area contributed by atoms with Gasteiger partial charge in [-0.15, -0.1) is 11.8 Å². The molecule has 0 bridgehead atoms. The van der Waals surface area contributed by atoms with Crippen LogP contribution < -0.4 is 5.32 Å². The van der Waals surface area contributed by atoms with E-state index in [4.69, 9.17) is 0 Å². The fourth-order valence-corrected chi connectivity index (χ4v) is 2.90. The lowest BCUT2D eigenvalue weighted by atomic mass is 10.2. The Morgan fingerprint density at radius 2 is 2.10 bits per heavy atom. The number of nitrogens with zero attached hydrogens (tertiary/aromatic N) is 1. The van der Waals surface area contributed by atoms with Gasteiger partial charge >= 0.3 is 0 Å². The zero-order valence-corrected chi connectivity index (χ0v) is 13.2. The molecule has 0 aliphatic rings. The van der Waals surface area contributed by atoms with E-state index < -0.39 is 0 Å². The number of rotatable bonds is 4. The minimum atomic E-state index is -0.326. The molecule has 20 heavy (non-hydrogen) atoms. The van der Waals surface area contributed by atoms with Crippen molar-refractivity contribution < 1.29 is 4.39 Å². The van der Waals surface area contributed by atoms with Gasteiger partial charge in [0.05, 0.1) is 16.9 Å². The summed E-state index contributed by atoms with van der Waals surface area (Å²) in [5, 5.41) is 12.4. The molecule has 0 aromatic heterocycles. The standard InChI is InChI=1S/C15H12BrFN2S/c1-2-20-15-5-3-4-13(11(15)9-18)19-14-8-10(17)6-7-12(14)16/h3-8,19H,2H2,1H3. The molecule has 0 heterocycles. The first-order chi connectivity index (χ1) is 9.65. The largest absolute Gasteiger partial charge is 0.353 e. The predicted octanol–water partition coefficient (Wildman–Crippen LogP) is 5.32. The highest BCUT2D eigenvalue weighted by Gasteiger charge is 2.10. The Hall–Kier alpha value is -1.51. The number of nitrogens with one attached hydrogen (secondary N) is 1. The predicted molar refractivity (Wildman–Crippen MR) is 84.9 cm³/mol. The maximum Gasteiger partial charge on any atom is 0.125 e.